The van der Waals surface area contributed by atoms with E-state index in [0.717, 1.165) is 4.53 Å². The van der Waals surface area contributed by atoms with Gasteiger partial charge in [-0.05, 0) is 12.1 Å². The van der Waals surface area contributed by atoms with Crippen molar-refractivity contribution in [2.45, 2.75) is 6.55 Å². The van der Waals surface area contributed by atoms with Crippen LogP contribution >= 0.6 is 11.8 Å². The maximum atomic E-state index is 11.7. The second-order valence-electron chi connectivity index (χ2n) is 2.05. The largest absolute Gasteiger partial charge is 0.309 e. The van der Waals surface area contributed by atoms with Crippen LogP contribution in [0.4, 0.5) is 14.5 Å². The Kier molecular flexibility index (Phi) is 3.25. The zero-order chi connectivity index (χ0) is 8.97. The number of para-hydroxylation sites is 1. The summed E-state index contributed by atoms with van der Waals surface area (Å²) in [6.07, 6.45) is 0. The molecule has 0 aromatic heterocycles. The molecule has 1 aromatic carbocycles. The molecule has 0 aliphatic rings. The molecule has 5 heteroatoms. The number of nitrogens with zero attached hydrogens (tertiary/aromatic N) is 1. The molecule has 0 saturated heterocycles. The maximum Gasteiger partial charge on any atom is 0.309 e. The molecule has 0 aliphatic heterocycles. The Balaban J connectivity index is 2.59. The molecule has 1 N–H and O–H groups in total. The number of anilines is 1. The predicted octanol–water partition coefficient (Wildman–Crippen LogP) is 2.37. The third kappa shape index (κ3) is 2.64. The Morgan fingerprint density at radius 2 is 1.83 bits per heavy atom. The Morgan fingerprint density at radius 3 is 2.33 bits per heavy atom. The molecule has 0 aliphatic carbocycles. The van der Waals surface area contributed by atoms with E-state index in [1.165, 1.54) is 0 Å². The average molecular weight is 193 g/mol. The van der Waals surface area contributed by atoms with Gasteiger partial charge in [0, 0.05) is 11.8 Å². The van der Waals surface area contributed by atoms with Gasteiger partial charge in [-0.3, -0.25) is 0 Å². The summed E-state index contributed by atoms with van der Waals surface area (Å²) < 4.78 is 24.2. The van der Waals surface area contributed by atoms with Crippen LogP contribution in [0.1, 0.15) is 0 Å². The number of rotatable bonds is 3. The van der Waals surface area contributed by atoms with Crippen molar-refractivity contribution in [3.63, 3.8) is 0 Å². The van der Waals surface area contributed by atoms with E-state index in [4.69, 9.17) is 11.8 Å². The fourth-order valence-electron chi connectivity index (χ4n) is 0.719. The molecule has 12 heavy (non-hydrogen) atoms. The molecule has 0 unspecified atom stereocenters. The number of nitrogens with one attached hydrogen (secondary N) is 1. The SMILES string of the molecule is FC(F)NN(Cl)c1ccccc1. The Labute approximate surface area is 73.8 Å². The molecule has 0 saturated carbocycles. The summed E-state index contributed by atoms with van der Waals surface area (Å²) in [6, 6.07) is 8.41. The smallest absolute Gasteiger partial charge is 0.213 e. The van der Waals surface area contributed by atoms with Crippen LogP contribution in [0, 0.1) is 0 Å². The zero-order valence-corrected chi connectivity index (χ0v) is 6.80. The van der Waals surface area contributed by atoms with Gasteiger partial charge in [-0.25, -0.2) is 4.53 Å². The van der Waals surface area contributed by atoms with E-state index in [1.807, 2.05) is 0 Å². The van der Waals surface area contributed by atoms with Crippen LogP contribution in [0.25, 0.3) is 0 Å². The van der Waals surface area contributed by atoms with E-state index < -0.39 is 6.55 Å². The monoisotopic (exact) mass is 192 g/mol. The maximum absolute atomic E-state index is 11.7. The molecule has 0 fully saturated rings. The third-order valence-corrected chi connectivity index (χ3v) is 1.49. The molecular weight excluding hydrogens is 186 g/mol. The molecule has 0 atom stereocenters. The van der Waals surface area contributed by atoms with E-state index in [-0.39, 0.29) is 0 Å². The van der Waals surface area contributed by atoms with E-state index in [0.29, 0.717) is 5.69 Å². The van der Waals surface area contributed by atoms with Gasteiger partial charge >= 0.3 is 6.55 Å². The number of halogens is 3. The lowest BCUT2D eigenvalue weighted by molar-refractivity contribution is 0.111. The first kappa shape index (κ1) is 9.22. The van der Waals surface area contributed by atoms with Crippen molar-refractivity contribution in [2.75, 3.05) is 4.53 Å². The van der Waals surface area contributed by atoms with Crippen molar-refractivity contribution in [2.24, 2.45) is 0 Å². The van der Waals surface area contributed by atoms with Crippen molar-refractivity contribution in [3.05, 3.63) is 30.3 Å². The lowest BCUT2D eigenvalue weighted by Crippen LogP contribution is -2.33. The average Bonchev–Trinajstić information content (AvgIpc) is 2.05. The summed E-state index contributed by atoms with van der Waals surface area (Å²) in [5.41, 5.74) is 2.20. The Morgan fingerprint density at radius 1 is 1.25 bits per heavy atom. The second-order valence-corrected chi connectivity index (χ2v) is 2.38. The van der Waals surface area contributed by atoms with Crippen molar-refractivity contribution in [3.8, 4) is 0 Å². The van der Waals surface area contributed by atoms with Gasteiger partial charge in [0.05, 0.1) is 5.69 Å². The van der Waals surface area contributed by atoms with Gasteiger partial charge in [-0.1, -0.05) is 18.2 Å². The fourth-order valence-corrected chi connectivity index (χ4v) is 0.906. The van der Waals surface area contributed by atoms with Crippen molar-refractivity contribution >= 4 is 17.5 Å². The van der Waals surface area contributed by atoms with Gasteiger partial charge in [-0.15, -0.1) is 0 Å². The minimum atomic E-state index is -2.66. The van der Waals surface area contributed by atoms with Gasteiger partial charge in [0.2, 0.25) is 0 Å². The van der Waals surface area contributed by atoms with Crippen LogP contribution in [0.5, 0.6) is 0 Å². The number of benzene rings is 1. The van der Waals surface area contributed by atoms with Gasteiger partial charge < -0.3 is 0 Å². The molecule has 66 valence electrons. The Bertz CT molecular complexity index is 230. The quantitative estimate of drug-likeness (QED) is 0.449. The van der Waals surface area contributed by atoms with Crippen LogP contribution in [0.2, 0.25) is 0 Å². The van der Waals surface area contributed by atoms with Crippen molar-refractivity contribution in [1.82, 2.24) is 5.43 Å². The van der Waals surface area contributed by atoms with Gasteiger partial charge in [0.1, 0.15) is 0 Å². The highest BCUT2D eigenvalue weighted by Gasteiger charge is 2.07. The molecule has 0 radical (unpaired) electrons. The summed E-state index contributed by atoms with van der Waals surface area (Å²) in [7, 11) is 0. The van der Waals surface area contributed by atoms with E-state index in [9.17, 15) is 8.78 Å². The van der Waals surface area contributed by atoms with Gasteiger partial charge in [0.15, 0.2) is 0 Å². The molecule has 1 aromatic rings. The Hall–Kier alpha value is -0.870. The molecule has 0 heterocycles. The number of hydrogen-bond donors (Lipinski definition) is 1. The first-order chi connectivity index (χ1) is 5.70. The summed E-state index contributed by atoms with van der Waals surface area (Å²) in [4.78, 5) is 0. The number of hydrazine groups is 1. The molecule has 0 amide bonds. The summed E-state index contributed by atoms with van der Waals surface area (Å²) in [5.74, 6) is 0. The number of hydrogen-bond acceptors (Lipinski definition) is 2. The summed E-state index contributed by atoms with van der Waals surface area (Å²) in [5, 5.41) is 0. The normalized spacial score (nSPS) is 10.3. The first-order valence-corrected chi connectivity index (χ1v) is 3.59. The predicted molar refractivity (Wildman–Crippen MR) is 43.9 cm³/mol. The molecular formula is C7H7ClF2N2. The lowest BCUT2D eigenvalue weighted by atomic mass is 10.3. The number of alkyl halides is 2. The molecule has 1 rings (SSSR count). The van der Waals surface area contributed by atoms with Crippen molar-refractivity contribution in [1.29, 1.82) is 0 Å². The molecule has 0 spiro atoms. The van der Waals surface area contributed by atoms with Crippen LogP contribution in [0.3, 0.4) is 0 Å². The first-order valence-electron chi connectivity index (χ1n) is 3.25. The van der Waals surface area contributed by atoms with Gasteiger partial charge in [0.25, 0.3) is 0 Å². The van der Waals surface area contributed by atoms with Crippen molar-refractivity contribution < 1.29 is 8.78 Å². The van der Waals surface area contributed by atoms with Gasteiger partial charge in [-0.2, -0.15) is 14.2 Å². The standard InChI is InChI=1S/C7H7ClF2N2/c8-12(11-7(9)10)6-4-2-1-3-5-6/h1-5,7,11H. The van der Waals surface area contributed by atoms with E-state index >= 15 is 0 Å². The fraction of sp³-hybridized carbons (Fsp3) is 0.143. The third-order valence-electron chi connectivity index (χ3n) is 1.19. The van der Waals surface area contributed by atoms with Crippen LogP contribution < -0.4 is 9.95 Å². The highest BCUT2D eigenvalue weighted by Crippen LogP contribution is 2.13. The topological polar surface area (TPSA) is 15.3 Å². The molecule has 0 bridgehead atoms. The van der Waals surface area contributed by atoms with Crippen LogP contribution in [-0.2, 0) is 0 Å². The minimum Gasteiger partial charge on any atom is -0.213 e. The highest BCUT2D eigenvalue weighted by molar-refractivity contribution is 6.25. The zero-order valence-electron chi connectivity index (χ0n) is 6.05. The highest BCUT2D eigenvalue weighted by atomic mass is 35.5. The van der Waals surface area contributed by atoms with Crippen LogP contribution in [0.15, 0.2) is 30.3 Å². The summed E-state index contributed by atoms with van der Waals surface area (Å²) >= 11 is 5.44. The molecule has 2 nitrogen and oxygen atoms in total. The summed E-state index contributed by atoms with van der Waals surface area (Å²) in [6.45, 7) is -2.66. The van der Waals surface area contributed by atoms with Crippen LogP contribution in [-0.4, -0.2) is 6.55 Å². The second kappa shape index (κ2) is 4.23. The lowest BCUT2D eigenvalue weighted by Gasteiger charge is -2.15. The minimum absolute atomic E-state index is 0.472. The van der Waals surface area contributed by atoms with E-state index in [2.05, 4.69) is 0 Å². The van der Waals surface area contributed by atoms with E-state index in [1.54, 1.807) is 35.8 Å².